The molecular weight excluding hydrogens is 299 g/mol. The Hall–Kier alpha value is -1.66. The molecule has 0 unspecified atom stereocenters. The summed E-state index contributed by atoms with van der Waals surface area (Å²) in [5, 5.41) is 0. The second-order valence-electron chi connectivity index (χ2n) is 6.04. The number of carbonyl (C=O) groups is 1. The zero-order valence-electron chi connectivity index (χ0n) is 13.2. The Morgan fingerprint density at radius 3 is 2.43 bits per heavy atom. The van der Waals surface area contributed by atoms with Gasteiger partial charge in [0.1, 0.15) is 17.7 Å². The van der Waals surface area contributed by atoms with Gasteiger partial charge in [-0.25, -0.2) is 4.39 Å². The molecule has 0 bridgehead atoms. The van der Waals surface area contributed by atoms with Crippen LogP contribution in [0.3, 0.4) is 0 Å². The molecule has 5 nitrogen and oxygen atoms in total. The first-order valence-corrected chi connectivity index (χ1v) is 8.21. The summed E-state index contributed by atoms with van der Waals surface area (Å²) in [6.45, 7) is 4.84. The molecule has 2 aliphatic rings. The molecule has 2 heterocycles. The molecule has 0 spiro atoms. The number of rotatable bonds is 4. The van der Waals surface area contributed by atoms with Gasteiger partial charge in [0.25, 0.3) is 0 Å². The van der Waals surface area contributed by atoms with Crippen molar-refractivity contribution in [1.82, 2.24) is 9.80 Å². The molecule has 0 N–H and O–H groups in total. The zero-order valence-corrected chi connectivity index (χ0v) is 13.2. The highest BCUT2D eigenvalue weighted by Crippen LogP contribution is 2.19. The van der Waals surface area contributed by atoms with E-state index in [1.165, 1.54) is 12.1 Å². The molecule has 2 aliphatic heterocycles. The second-order valence-corrected chi connectivity index (χ2v) is 6.04. The van der Waals surface area contributed by atoms with Gasteiger partial charge in [-0.3, -0.25) is 9.69 Å². The van der Waals surface area contributed by atoms with Gasteiger partial charge in [0.2, 0.25) is 5.91 Å². The lowest BCUT2D eigenvalue weighted by Gasteiger charge is -2.34. The molecule has 3 rings (SSSR count). The minimum atomic E-state index is -0.256. The van der Waals surface area contributed by atoms with E-state index in [0.717, 1.165) is 25.9 Å². The van der Waals surface area contributed by atoms with E-state index >= 15 is 0 Å². The number of piperidine rings is 1. The first kappa shape index (κ1) is 16.2. The van der Waals surface area contributed by atoms with Gasteiger partial charge in [0, 0.05) is 26.2 Å². The van der Waals surface area contributed by atoms with E-state index in [0.29, 0.717) is 38.6 Å². The maximum atomic E-state index is 12.9. The monoisotopic (exact) mass is 322 g/mol. The van der Waals surface area contributed by atoms with E-state index in [9.17, 15) is 9.18 Å². The predicted molar refractivity (Wildman–Crippen MR) is 83.9 cm³/mol. The van der Waals surface area contributed by atoms with Gasteiger partial charge in [-0.2, -0.15) is 0 Å². The molecule has 23 heavy (non-hydrogen) atoms. The van der Waals surface area contributed by atoms with Gasteiger partial charge >= 0.3 is 0 Å². The summed E-state index contributed by atoms with van der Waals surface area (Å²) in [5.74, 6) is 0.634. The molecule has 0 atom stereocenters. The molecule has 2 fully saturated rings. The average Bonchev–Trinajstić information content (AvgIpc) is 2.59. The van der Waals surface area contributed by atoms with Crippen molar-refractivity contribution >= 4 is 5.91 Å². The highest BCUT2D eigenvalue weighted by molar-refractivity contribution is 5.78. The van der Waals surface area contributed by atoms with Crippen molar-refractivity contribution in [1.29, 1.82) is 0 Å². The van der Waals surface area contributed by atoms with Crippen molar-refractivity contribution in [3.8, 4) is 5.75 Å². The Bertz CT molecular complexity index is 509. The van der Waals surface area contributed by atoms with E-state index < -0.39 is 0 Å². The number of benzene rings is 1. The van der Waals surface area contributed by atoms with Gasteiger partial charge in [-0.15, -0.1) is 0 Å². The highest BCUT2D eigenvalue weighted by Gasteiger charge is 2.24. The van der Waals surface area contributed by atoms with E-state index in [-0.39, 0.29) is 17.8 Å². The fraction of sp³-hybridized carbons (Fsp3) is 0.588. The summed E-state index contributed by atoms with van der Waals surface area (Å²) in [5.41, 5.74) is 0. The maximum Gasteiger partial charge on any atom is 0.236 e. The third kappa shape index (κ3) is 4.65. The summed E-state index contributed by atoms with van der Waals surface area (Å²) in [6, 6.07) is 6.13. The van der Waals surface area contributed by atoms with Crippen LogP contribution in [0.4, 0.5) is 4.39 Å². The van der Waals surface area contributed by atoms with Gasteiger partial charge in [0.05, 0.1) is 19.8 Å². The SMILES string of the molecule is O=C(CN1CCC(Oc2ccc(F)cc2)CC1)N1CCOCC1. The number of halogens is 1. The fourth-order valence-corrected chi connectivity index (χ4v) is 2.99. The lowest BCUT2D eigenvalue weighted by atomic mass is 10.1. The largest absolute Gasteiger partial charge is 0.490 e. The van der Waals surface area contributed by atoms with Crippen LogP contribution < -0.4 is 4.74 Å². The van der Waals surface area contributed by atoms with E-state index in [1.54, 1.807) is 12.1 Å². The first-order valence-electron chi connectivity index (χ1n) is 8.21. The van der Waals surface area contributed by atoms with E-state index in [2.05, 4.69) is 4.90 Å². The van der Waals surface area contributed by atoms with E-state index in [4.69, 9.17) is 9.47 Å². The Balaban J connectivity index is 1.41. The predicted octanol–water partition coefficient (Wildman–Crippen LogP) is 1.53. The number of hydrogen-bond donors (Lipinski definition) is 0. The van der Waals surface area contributed by atoms with Crippen LogP contribution in [0.15, 0.2) is 24.3 Å². The molecule has 2 saturated heterocycles. The molecule has 126 valence electrons. The molecule has 0 aliphatic carbocycles. The summed E-state index contributed by atoms with van der Waals surface area (Å²) >= 11 is 0. The number of amides is 1. The van der Waals surface area contributed by atoms with Crippen LogP contribution in [0.5, 0.6) is 5.75 Å². The van der Waals surface area contributed by atoms with Crippen LogP contribution in [-0.4, -0.2) is 67.7 Å². The minimum Gasteiger partial charge on any atom is -0.490 e. The summed E-state index contributed by atoms with van der Waals surface area (Å²) in [6.07, 6.45) is 1.90. The molecule has 0 radical (unpaired) electrons. The number of morpholine rings is 1. The molecule has 1 aromatic carbocycles. The van der Waals surface area contributed by atoms with Crippen LogP contribution in [0.2, 0.25) is 0 Å². The summed E-state index contributed by atoms with van der Waals surface area (Å²) in [4.78, 5) is 16.3. The van der Waals surface area contributed by atoms with Gasteiger partial charge in [-0.1, -0.05) is 0 Å². The lowest BCUT2D eigenvalue weighted by molar-refractivity contribution is -0.136. The van der Waals surface area contributed by atoms with Crippen molar-refractivity contribution in [3.05, 3.63) is 30.1 Å². The second kappa shape index (κ2) is 7.75. The molecule has 1 amide bonds. The molecular formula is C17H23FN2O3. The van der Waals surface area contributed by atoms with Crippen molar-refractivity contribution < 1.29 is 18.7 Å². The van der Waals surface area contributed by atoms with Crippen LogP contribution in [0.25, 0.3) is 0 Å². The van der Waals surface area contributed by atoms with E-state index in [1.807, 2.05) is 4.90 Å². The number of likely N-dealkylation sites (tertiary alicyclic amines) is 1. The molecule has 0 saturated carbocycles. The Labute approximate surface area is 136 Å². The molecule has 6 heteroatoms. The van der Waals surface area contributed by atoms with Crippen LogP contribution in [-0.2, 0) is 9.53 Å². The smallest absolute Gasteiger partial charge is 0.236 e. The number of ether oxygens (including phenoxy) is 2. The highest BCUT2D eigenvalue weighted by atomic mass is 19.1. The third-order valence-corrected chi connectivity index (χ3v) is 4.37. The van der Waals surface area contributed by atoms with Crippen LogP contribution in [0.1, 0.15) is 12.8 Å². The Morgan fingerprint density at radius 1 is 1.13 bits per heavy atom. The summed E-state index contributed by atoms with van der Waals surface area (Å²) < 4.78 is 24.0. The van der Waals surface area contributed by atoms with Crippen molar-refractivity contribution in [2.75, 3.05) is 45.9 Å². The standard InChI is InChI=1S/C17H23FN2O3/c18-14-1-3-15(4-2-14)23-16-5-7-19(8-6-16)13-17(21)20-9-11-22-12-10-20/h1-4,16H,5-13H2. The number of hydrogen-bond acceptors (Lipinski definition) is 4. The van der Waals surface area contributed by atoms with Crippen molar-refractivity contribution in [2.24, 2.45) is 0 Å². The lowest BCUT2D eigenvalue weighted by Crippen LogP contribution is -2.48. The van der Waals surface area contributed by atoms with Gasteiger partial charge in [0.15, 0.2) is 0 Å². The number of carbonyl (C=O) groups excluding carboxylic acids is 1. The Morgan fingerprint density at radius 2 is 1.78 bits per heavy atom. The fourth-order valence-electron chi connectivity index (χ4n) is 2.99. The third-order valence-electron chi connectivity index (χ3n) is 4.37. The van der Waals surface area contributed by atoms with Crippen LogP contribution in [0, 0.1) is 5.82 Å². The normalized spacial score (nSPS) is 20.5. The van der Waals surface area contributed by atoms with Crippen molar-refractivity contribution in [2.45, 2.75) is 18.9 Å². The maximum absolute atomic E-state index is 12.9. The summed E-state index contributed by atoms with van der Waals surface area (Å²) in [7, 11) is 0. The topological polar surface area (TPSA) is 42.0 Å². The van der Waals surface area contributed by atoms with Crippen molar-refractivity contribution in [3.63, 3.8) is 0 Å². The average molecular weight is 322 g/mol. The minimum absolute atomic E-state index is 0.134. The first-order chi connectivity index (χ1) is 11.2. The molecule has 0 aromatic heterocycles. The van der Waals surface area contributed by atoms with Gasteiger partial charge in [-0.05, 0) is 37.1 Å². The molecule has 1 aromatic rings. The van der Waals surface area contributed by atoms with Gasteiger partial charge < -0.3 is 14.4 Å². The Kier molecular flexibility index (Phi) is 5.46. The quantitative estimate of drug-likeness (QED) is 0.843. The number of nitrogens with zero attached hydrogens (tertiary/aromatic N) is 2. The zero-order chi connectivity index (χ0) is 16.1. The van der Waals surface area contributed by atoms with Crippen LogP contribution >= 0.6 is 0 Å².